The topological polar surface area (TPSA) is 69.7 Å². The van der Waals surface area contributed by atoms with Gasteiger partial charge >= 0.3 is 0 Å². The molecular formula is C24H26N2O4. The molecule has 0 saturated carbocycles. The predicted octanol–water partition coefficient (Wildman–Crippen LogP) is 4.24. The number of pyridine rings is 1. The molecule has 3 aromatic rings. The summed E-state index contributed by atoms with van der Waals surface area (Å²) < 4.78 is 16.1. The van der Waals surface area contributed by atoms with Crippen LogP contribution in [0.2, 0.25) is 0 Å². The molecule has 1 atom stereocenters. The van der Waals surface area contributed by atoms with Gasteiger partial charge in [-0.15, -0.1) is 0 Å². The minimum absolute atomic E-state index is 0.263. The van der Waals surface area contributed by atoms with Crippen molar-refractivity contribution in [1.29, 1.82) is 0 Å². The monoisotopic (exact) mass is 406 g/mol. The smallest absolute Gasteiger partial charge is 0.252 e. The van der Waals surface area contributed by atoms with Crippen molar-refractivity contribution in [2.75, 3.05) is 21.3 Å². The Kier molecular flexibility index (Phi) is 6.57. The van der Waals surface area contributed by atoms with Crippen molar-refractivity contribution < 1.29 is 19.0 Å². The summed E-state index contributed by atoms with van der Waals surface area (Å²) in [4.78, 5) is 17.4. The average Bonchev–Trinajstić information content (AvgIpc) is 2.78. The van der Waals surface area contributed by atoms with Crippen molar-refractivity contribution in [3.05, 3.63) is 82.7 Å². The molecule has 1 amide bonds. The van der Waals surface area contributed by atoms with Gasteiger partial charge in [0.05, 0.1) is 27.4 Å². The van der Waals surface area contributed by atoms with Crippen molar-refractivity contribution in [1.82, 2.24) is 10.3 Å². The second-order valence-electron chi connectivity index (χ2n) is 6.95. The van der Waals surface area contributed by atoms with Crippen molar-refractivity contribution in [3.8, 4) is 17.2 Å². The Labute approximate surface area is 176 Å². The van der Waals surface area contributed by atoms with Crippen molar-refractivity contribution in [2.45, 2.75) is 19.9 Å². The quantitative estimate of drug-likeness (QED) is 0.635. The third kappa shape index (κ3) is 4.38. The second kappa shape index (κ2) is 9.31. The third-order valence-corrected chi connectivity index (χ3v) is 5.08. The largest absolute Gasteiger partial charge is 0.493 e. The Morgan fingerprint density at radius 2 is 1.60 bits per heavy atom. The number of ether oxygens (including phenoxy) is 3. The Morgan fingerprint density at radius 3 is 2.13 bits per heavy atom. The third-order valence-electron chi connectivity index (χ3n) is 5.08. The normalized spacial score (nSPS) is 11.5. The number of methoxy groups -OCH3 is 3. The summed E-state index contributed by atoms with van der Waals surface area (Å²) in [7, 11) is 4.57. The molecule has 1 aromatic heterocycles. The van der Waals surface area contributed by atoms with Gasteiger partial charge in [0.15, 0.2) is 11.5 Å². The number of aryl methyl sites for hydroxylation is 2. The highest BCUT2D eigenvalue weighted by molar-refractivity contribution is 5.96. The standard InChI is InChI=1S/C24H26N2O4/c1-15-8-9-17(11-16(15)2)22(18-7-6-10-25-14-18)26-24(27)19-12-20(28-3)23(30-5)21(13-19)29-4/h6-14,22H,1-5H3,(H,26,27)/t22-/m1/s1. The van der Waals surface area contributed by atoms with Crippen LogP contribution >= 0.6 is 0 Å². The number of amides is 1. The number of hydrogen-bond acceptors (Lipinski definition) is 5. The van der Waals surface area contributed by atoms with E-state index in [4.69, 9.17) is 14.2 Å². The van der Waals surface area contributed by atoms with Crippen molar-refractivity contribution >= 4 is 5.91 Å². The van der Waals surface area contributed by atoms with E-state index in [2.05, 4.69) is 36.3 Å². The fourth-order valence-electron chi connectivity index (χ4n) is 3.28. The number of nitrogens with zero attached hydrogens (tertiary/aromatic N) is 1. The molecule has 6 heteroatoms. The Bertz CT molecular complexity index is 1010. The number of carbonyl (C=O) groups excluding carboxylic acids is 1. The molecule has 6 nitrogen and oxygen atoms in total. The van der Waals surface area contributed by atoms with Crippen LogP contribution in [0.1, 0.15) is 38.7 Å². The van der Waals surface area contributed by atoms with Gasteiger partial charge in [0.1, 0.15) is 0 Å². The maximum Gasteiger partial charge on any atom is 0.252 e. The van der Waals surface area contributed by atoms with Crippen LogP contribution in [-0.2, 0) is 0 Å². The molecule has 0 saturated heterocycles. The Hall–Kier alpha value is -3.54. The molecule has 1 heterocycles. The fourth-order valence-corrected chi connectivity index (χ4v) is 3.28. The van der Waals surface area contributed by atoms with Crippen molar-refractivity contribution in [3.63, 3.8) is 0 Å². The van der Waals surface area contributed by atoms with E-state index in [0.29, 0.717) is 22.8 Å². The molecule has 0 aliphatic carbocycles. The minimum Gasteiger partial charge on any atom is -0.493 e. The maximum atomic E-state index is 13.2. The molecule has 3 rings (SSSR count). The van der Waals surface area contributed by atoms with E-state index >= 15 is 0 Å². The molecular weight excluding hydrogens is 380 g/mol. The van der Waals surface area contributed by atoms with Crippen LogP contribution in [-0.4, -0.2) is 32.2 Å². The number of hydrogen-bond donors (Lipinski definition) is 1. The van der Waals surface area contributed by atoms with E-state index in [9.17, 15) is 4.79 Å². The number of carbonyl (C=O) groups is 1. The molecule has 1 N–H and O–H groups in total. The van der Waals surface area contributed by atoms with Gasteiger partial charge in [-0.05, 0) is 54.3 Å². The van der Waals surface area contributed by atoms with Gasteiger partial charge in [-0.25, -0.2) is 0 Å². The minimum atomic E-state index is -0.357. The highest BCUT2D eigenvalue weighted by atomic mass is 16.5. The predicted molar refractivity (Wildman–Crippen MR) is 116 cm³/mol. The molecule has 30 heavy (non-hydrogen) atoms. The van der Waals surface area contributed by atoms with Gasteiger partial charge < -0.3 is 19.5 Å². The van der Waals surface area contributed by atoms with Gasteiger partial charge in [0.2, 0.25) is 5.75 Å². The van der Waals surface area contributed by atoms with Gasteiger partial charge in [-0.3, -0.25) is 9.78 Å². The zero-order chi connectivity index (χ0) is 21.7. The van der Waals surface area contributed by atoms with Crippen molar-refractivity contribution in [2.24, 2.45) is 0 Å². The molecule has 2 aromatic carbocycles. The van der Waals surface area contributed by atoms with Crippen LogP contribution in [0.5, 0.6) is 17.2 Å². The molecule has 0 radical (unpaired) electrons. The summed E-state index contributed by atoms with van der Waals surface area (Å²) in [5.41, 5.74) is 4.62. The van der Waals surface area contributed by atoms with Crippen LogP contribution in [0.15, 0.2) is 54.9 Å². The first-order valence-electron chi connectivity index (χ1n) is 9.56. The highest BCUT2D eigenvalue weighted by Gasteiger charge is 2.22. The van der Waals surface area contributed by atoms with Gasteiger partial charge in [0, 0.05) is 18.0 Å². The van der Waals surface area contributed by atoms with Crippen LogP contribution < -0.4 is 19.5 Å². The van der Waals surface area contributed by atoms with E-state index in [1.165, 1.54) is 26.9 Å². The van der Waals surface area contributed by atoms with Crippen LogP contribution in [0.3, 0.4) is 0 Å². The second-order valence-corrected chi connectivity index (χ2v) is 6.95. The van der Waals surface area contributed by atoms with Gasteiger partial charge in [0.25, 0.3) is 5.91 Å². The lowest BCUT2D eigenvalue weighted by molar-refractivity contribution is 0.0942. The molecule has 0 unspecified atom stereocenters. The van der Waals surface area contributed by atoms with E-state index in [1.54, 1.807) is 24.5 Å². The number of aromatic nitrogens is 1. The number of benzene rings is 2. The SMILES string of the molecule is COc1cc(C(=O)N[C@@H](c2cccnc2)c2ccc(C)c(C)c2)cc(OC)c1OC. The van der Waals surface area contributed by atoms with Gasteiger partial charge in [-0.2, -0.15) is 0 Å². The molecule has 156 valence electrons. The lowest BCUT2D eigenvalue weighted by atomic mass is 9.96. The summed E-state index contributed by atoms with van der Waals surface area (Å²) in [6, 6.07) is 12.9. The van der Waals surface area contributed by atoms with Crippen LogP contribution in [0.25, 0.3) is 0 Å². The molecule has 0 spiro atoms. The summed E-state index contributed by atoms with van der Waals surface area (Å²) in [6.07, 6.45) is 3.47. The zero-order valence-corrected chi connectivity index (χ0v) is 17.9. The highest BCUT2D eigenvalue weighted by Crippen LogP contribution is 2.38. The van der Waals surface area contributed by atoms with Gasteiger partial charge in [-0.1, -0.05) is 24.3 Å². The lowest BCUT2D eigenvalue weighted by Crippen LogP contribution is -2.29. The maximum absolute atomic E-state index is 13.2. The summed E-state index contributed by atoms with van der Waals surface area (Å²) in [5, 5.41) is 3.12. The Balaban J connectivity index is 2.01. The zero-order valence-electron chi connectivity index (χ0n) is 17.9. The molecule has 0 fully saturated rings. The van der Waals surface area contributed by atoms with E-state index < -0.39 is 0 Å². The first kappa shape index (κ1) is 21.2. The van der Waals surface area contributed by atoms with Crippen LogP contribution in [0, 0.1) is 13.8 Å². The van der Waals surface area contributed by atoms with E-state index in [-0.39, 0.29) is 11.9 Å². The molecule has 0 aliphatic heterocycles. The lowest BCUT2D eigenvalue weighted by Gasteiger charge is -2.21. The Morgan fingerprint density at radius 1 is 0.900 bits per heavy atom. The summed E-state index contributed by atoms with van der Waals surface area (Å²) >= 11 is 0. The summed E-state index contributed by atoms with van der Waals surface area (Å²) in [6.45, 7) is 4.12. The molecule has 0 bridgehead atoms. The first-order chi connectivity index (χ1) is 14.5. The fraction of sp³-hybridized carbons (Fsp3) is 0.250. The van der Waals surface area contributed by atoms with E-state index in [0.717, 1.165) is 16.7 Å². The van der Waals surface area contributed by atoms with Crippen LogP contribution in [0.4, 0.5) is 0 Å². The first-order valence-corrected chi connectivity index (χ1v) is 9.56. The average molecular weight is 406 g/mol. The number of rotatable bonds is 7. The molecule has 0 aliphatic rings. The number of nitrogens with one attached hydrogen (secondary N) is 1. The summed E-state index contributed by atoms with van der Waals surface area (Å²) in [5.74, 6) is 1.02. The van der Waals surface area contributed by atoms with E-state index in [1.807, 2.05) is 18.2 Å².